The molecule has 0 aliphatic rings. The molecule has 1 atom stereocenters. The number of rotatable bonds is 1. The van der Waals surface area contributed by atoms with E-state index in [4.69, 9.17) is 5.73 Å². The molecular weight excluding hydrogens is 89.0 g/mol. The molecule has 0 aromatic rings. The van der Waals surface area contributed by atoms with Crippen molar-refractivity contribution in [2.75, 3.05) is 0 Å². The third-order valence-corrected chi connectivity index (χ3v) is 0.215. The molecule has 0 saturated heterocycles. The molecule has 0 saturated carbocycles. The summed E-state index contributed by atoms with van der Waals surface area (Å²) < 4.78 is 0. The number of aldehydes is 1. The summed E-state index contributed by atoms with van der Waals surface area (Å²) in [6, 6.07) is -0.296. The van der Waals surface area contributed by atoms with E-state index in [-0.39, 0.29) is 35.6 Å². The van der Waals surface area contributed by atoms with E-state index in [2.05, 4.69) is 0 Å². The minimum absolute atomic E-state index is 0. The standard InChI is InChI=1S/C3H7NO.Na.H/c1-3(4)2-5;;/h2-3H,4H2,1H3;;/t3-;;/m0../s1. The van der Waals surface area contributed by atoms with Crippen LogP contribution in [0.4, 0.5) is 0 Å². The predicted octanol–water partition coefficient (Wildman–Crippen LogP) is -1.12. The van der Waals surface area contributed by atoms with Gasteiger partial charge in [0.1, 0.15) is 6.29 Å². The van der Waals surface area contributed by atoms with E-state index in [0.29, 0.717) is 6.29 Å². The van der Waals surface area contributed by atoms with Gasteiger partial charge in [0.15, 0.2) is 0 Å². The zero-order valence-electron chi connectivity index (χ0n) is 3.14. The van der Waals surface area contributed by atoms with Crippen LogP contribution in [-0.4, -0.2) is 41.9 Å². The van der Waals surface area contributed by atoms with E-state index in [1.54, 1.807) is 6.92 Å². The Bertz CT molecular complexity index is 37.8. The van der Waals surface area contributed by atoms with E-state index in [1.807, 2.05) is 0 Å². The molecule has 0 aromatic carbocycles. The second-order valence-corrected chi connectivity index (χ2v) is 0.995. The zero-order valence-corrected chi connectivity index (χ0v) is 3.14. The normalized spacial score (nSPS) is 11.7. The Morgan fingerprint density at radius 1 is 1.83 bits per heavy atom. The monoisotopic (exact) mass is 97.1 g/mol. The summed E-state index contributed by atoms with van der Waals surface area (Å²) in [6.45, 7) is 1.63. The molecule has 0 aliphatic carbocycles. The third-order valence-electron chi connectivity index (χ3n) is 0.215. The molecule has 2 nitrogen and oxygen atoms in total. The fourth-order valence-corrected chi connectivity index (χ4v) is 0. The number of hydrogen-bond acceptors (Lipinski definition) is 2. The first-order valence-corrected chi connectivity index (χ1v) is 1.48. The molecule has 2 N–H and O–H groups in total. The van der Waals surface area contributed by atoms with Crippen molar-refractivity contribution < 1.29 is 4.79 Å². The molecule has 0 rings (SSSR count). The van der Waals surface area contributed by atoms with Crippen LogP contribution in [0.2, 0.25) is 0 Å². The fraction of sp³-hybridized carbons (Fsp3) is 0.667. The van der Waals surface area contributed by atoms with Crippen molar-refractivity contribution in [3.05, 3.63) is 0 Å². The van der Waals surface area contributed by atoms with Crippen LogP contribution in [0.15, 0.2) is 0 Å². The van der Waals surface area contributed by atoms with Crippen molar-refractivity contribution in [3.63, 3.8) is 0 Å². The average molecular weight is 97.1 g/mol. The minimum atomic E-state index is -0.296. The second-order valence-electron chi connectivity index (χ2n) is 0.995. The van der Waals surface area contributed by atoms with Gasteiger partial charge in [-0.1, -0.05) is 0 Å². The predicted molar refractivity (Wildman–Crippen MR) is 26.9 cm³/mol. The Hall–Kier alpha value is 0.630. The van der Waals surface area contributed by atoms with Gasteiger partial charge < -0.3 is 10.5 Å². The zero-order chi connectivity index (χ0) is 4.28. The molecule has 0 aliphatic heterocycles. The molecule has 0 unspecified atom stereocenters. The van der Waals surface area contributed by atoms with Crippen molar-refractivity contribution >= 4 is 35.8 Å². The number of nitrogens with two attached hydrogens (primary N) is 1. The van der Waals surface area contributed by atoms with Gasteiger partial charge in [0.2, 0.25) is 0 Å². The Kier molecular flexibility index (Phi) is 9.20. The van der Waals surface area contributed by atoms with Gasteiger partial charge in [0.25, 0.3) is 0 Å². The van der Waals surface area contributed by atoms with Crippen LogP contribution in [0, 0.1) is 0 Å². The third kappa shape index (κ3) is 8.82. The van der Waals surface area contributed by atoms with Crippen molar-refractivity contribution in [2.24, 2.45) is 5.73 Å². The Morgan fingerprint density at radius 3 is 2.00 bits per heavy atom. The van der Waals surface area contributed by atoms with E-state index in [1.165, 1.54) is 0 Å². The Labute approximate surface area is 59.4 Å². The number of hydrogen-bond donors (Lipinski definition) is 1. The molecule has 0 aromatic heterocycles. The fourth-order valence-electron chi connectivity index (χ4n) is 0. The van der Waals surface area contributed by atoms with E-state index in [0.717, 1.165) is 0 Å². The molecule has 0 heterocycles. The van der Waals surface area contributed by atoms with Crippen molar-refractivity contribution in [3.8, 4) is 0 Å². The summed E-state index contributed by atoms with van der Waals surface area (Å²) in [5, 5.41) is 0. The molecule has 0 spiro atoms. The van der Waals surface area contributed by atoms with E-state index in [9.17, 15) is 4.79 Å². The van der Waals surface area contributed by atoms with Gasteiger partial charge >= 0.3 is 29.6 Å². The first-order chi connectivity index (χ1) is 2.27. The van der Waals surface area contributed by atoms with Crippen molar-refractivity contribution in [2.45, 2.75) is 13.0 Å². The SMILES string of the molecule is C[C@H](N)C=O.[NaH]. The Balaban J connectivity index is 0. The molecule has 0 amide bonds. The quantitative estimate of drug-likeness (QED) is 0.333. The van der Waals surface area contributed by atoms with E-state index < -0.39 is 0 Å². The number of carbonyl (C=O) groups is 1. The molecule has 6 heavy (non-hydrogen) atoms. The topological polar surface area (TPSA) is 43.1 Å². The molecule has 32 valence electrons. The summed E-state index contributed by atoms with van der Waals surface area (Å²) >= 11 is 0. The first-order valence-electron chi connectivity index (χ1n) is 1.48. The van der Waals surface area contributed by atoms with Gasteiger partial charge in [0, 0.05) is 0 Å². The van der Waals surface area contributed by atoms with Gasteiger partial charge in [-0.05, 0) is 6.92 Å². The van der Waals surface area contributed by atoms with Crippen LogP contribution in [0.1, 0.15) is 6.92 Å². The summed E-state index contributed by atoms with van der Waals surface area (Å²) in [7, 11) is 0. The molecule has 3 heteroatoms. The van der Waals surface area contributed by atoms with Crippen LogP contribution in [0.5, 0.6) is 0 Å². The van der Waals surface area contributed by atoms with Gasteiger partial charge in [0.05, 0.1) is 6.04 Å². The van der Waals surface area contributed by atoms with Gasteiger partial charge in [-0.25, -0.2) is 0 Å². The summed E-state index contributed by atoms with van der Waals surface area (Å²) in [4.78, 5) is 9.38. The summed E-state index contributed by atoms with van der Waals surface area (Å²) in [6.07, 6.45) is 0.694. The second kappa shape index (κ2) is 5.63. The number of carbonyl (C=O) groups excluding carboxylic acids is 1. The van der Waals surface area contributed by atoms with Crippen LogP contribution in [0.25, 0.3) is 0 Å². The molecule has 0 bridgehead atoms. The van der Waals surface area contributed by atoms with E-state index >= 15 is 0 Å². The maximum absolute atomic E-state index is 9.38. The first kappa shape index (κ1) is 9.80. The average Bonchev–Trinajstić information content (AvgIpc) is 1.38. The summed E-state index contributed by atoms with van der Waals surface area (Å²) in [5.41, 5.74) is 4.92. The maximum atomic E-state index is 9.38. The van der Waals surface area contributed by atoms with Gasteiger partial charge in [-0.2, -0.15) is 0 Å². The van der Waals surface area contributed by atoms with Gasteiger partial charge in [-0.3, -0.25) is 0 Å². The molecule has 0 fully saturated rings. The summed E-state index contributed by atoms with van der Waals surface area (Å²) in [5.74, 6) is 0. The van der Waals surface area contributed by atoms with Crippen LogP contribution in [0.3, 0.4) is 0 Å². The van der Waals surface area contributed by atoms with Crippen LogP contribution < -0.4 is 5.73 Å². The van der Waals surface area contributed by atoms with Crippen LogP contribution in [-0.2, 0) is 4.79 Å². The van der Waals surface area contributed by atoms with Crippen molar-refractivity contribution in [1.29, 1.82) is 0 Å². The molecule has 0 radical (unpaired) electrons. The van der Waals surface area contributed by atoms with Crippen LogP contribution >= 0.6 is 0 Å². The van der Waals surface area contributed by atoms with Crippen molar-refractivity contribution in [1.82, 2.24) is 0 Å². The molecular formula is C3H8NNaO. The Morgan fingerprint density at radius 2 is 2.00 bits per heavy atom. The van der Waals surface area contributed by atoms with Gasteiger partial charge in [-0.15, -0.1) is 0 Å².